The van der Waals surface area contributed by atoms with Gasteiger partial charge < -0.3 is 10.7 Å². The quantitative estimate of drug-likeness (QED) is 0.683. The number of hydrogen-bond donors (Lipinski definition) is 2. The smallest absolute Gasteiger partial charge is 0.137 e. The minimum Gasteiger partial charge on any atom is -0.391 e. The van der Waals surface area contributed by atoms with Gasteiger partial charge in [0.1, 0.15) is 5.65 Å². The highest BCUT2D eigenvalue weighted by Gasteiger charge is 2.07. The van der Waals surface area contributed by atoms with Crippen LogP contribution in [0.1, 0.15) is 13.8 Å². The number of thiophene rings is 1. The molecule has 0 saturated heterocycles. The normalized spacial score (nSPS) is 10.0. The van der Waals surface area contributed by atoms with E-state index in [2.05, 4.69) is 16.0 Å². The number of anilines is 1. The number of nitrogens with zero attached hydrogens (tertiary/aromatic N) is 1. The van der Waals surface area contributed by atoms with Gasteiger partial charge in [-0.15, -0.1) is 11.3 Å². The topological polar surface area (TPSA) is 54.7 Å². The second kappa shape index (κ2) is 5.01. The Balaban J connectivity index is 0.000000514. The van der Waals surface area contributed by atoms with Crippen LogP contribution in [-0.4, -0.2) is 9.97 Å². The molecule has 88 valence electrons. The van der Waals surface area contributed by atoms with E-state index in [1.54, 1.807) is 17.5 Å². The van der Waals surface area contributed by atoms with Gasteiger partial charge in [0.15, 0.2) is 0 Å². The molecule has 0 bridgehead atoms. The van der Waals surface area contributed by atoms with Gasteiger partial charge >= 0.3 is 0 Å². The first kappa shape index (κ1) is 11.7. The molecule has 0 atom stereocenters. The van der Waals surface area contributed by atoms with Crippen molar-refractivity contribution in [3.8, 4) is 10.4 Å². The van der Waals surface area contributed by atoms with E-state index in [1.807, 2.05) is 38.2 Å². The summed E-state index contributed by atoms with van der Waals surface area (Å²) in [5.41, 5.74) is 7.80. The number of aromatic amines is 1. The van der Waals surface area contributed by atoms with Crippen molar-refractivity contribution in [2.24, 2.45) is 0 Å². The molecule has 3 rings (SSSR count). The Morgan fingerprint density at radius 2 is 2.06 bits per heavy atom. The van der Waals surface area contributed by atoms with Gasteiger partial charge in [-0.1, -0.05) is 13.8 Å². The van der Waals surface area contributed by atoms with E-state index in [0.717, 1.165) is 16.0 Å². The fraction of sp³-hybridized carbons (Fsp3) is 0.154. The summed E-state index contributed by atoms with van der Waals surface area (Å²) in [6.07, 6.45) is 3.76. The zero-order valence-electron chi connectivity index (χ0n) is 9.90. The number of nitrogens with two attached hydrogens (primary N) is 1. The predicted octanol–water partition coefficient (Wildman–Crippen LogP) is 3.90. The third-order valence-corrected chi connectivity index (χ3v) is 3.29. The molecule has 0 aliphatic carbocycles. The molecule has 4 heteroatoms. The molecule has 3 aromatic rings. The maximum Gasteiger partial charge on any atom is 0.137 e. The number of pyridine rings is 1. The Hall–Kier alpha value is -1.81. The van der Waals surface area contributed by atoms with E-state index in [-0.39, 0.29) is 0 Å². The first-order chi connectivity index (χ1) is 8.34. The average Bonchev–Trinajstić information content (AvgIpc) is 2.97. The van der Waals surface area contributed by atoms with Gasteiger partial charge in [0.25, 0.3) is 0 Å². The van der Waals surface area contributed by atoms with Crippen LogP contribution in [0.3, 0.4) is 0 Å². The number of rotatable bonds is 1. The van der Waals surface area contributed by atoms with Crippen LogP contribution in [0.4, 0.5) is 5.00 Å². The van der Waals surface area contributed by atoms with Gasteiger partial charge in [0, 0.05) is 28.2 Å². The van der Waals surface area contributed by atoms with Crippen molar-refractivity contribution in [3.05, 3.63) is 36.7 Å². The first-order valence-corrected chi connectivity index (χ1v) is 6.44. The molecule has 0 unspecified atom stereocenters. The van der Waals surface area contributed by atoms with Crippen LogP contribution in [-0.2, 0) is 0 Å². The minimum atomic E-state index is 0.836. The zero-order valence-corrected chi connectivity index (χ0v) is 10.7. The Bertz CT molecular complexity index is 610. The Morgan fingerprint density at radius 3 is 2.76 bits per heavy atom. The summed E-state index contributed by atoms with van der Waals surface area (Å²) in [5, 5.41) is 1.97. The highest BCUT2D eigenvalue weighted by molar-refractivity contribution is 7.19. The van der Waals surface area contributed by atoms with Crippen LogP contribution in [0.2, 0.25) is 0 Å². The Morgan fingerprint density at radius 1 is 1.24 bits per heavy atom. The molecule has 0 aromatic carbocycles. The SMILES string of the molecule is CC.Nc1ccc(-c2c[nH]c3ncccc23)s1. The molecule has 0 spiro atoms. The molecule has 3 heterocycles. The molecule has 3 aromatic heterocycles. The van der Waals surface area contributed by atoms with Gasteiger partial charge in [-0.2, -0.15) is 0 Å². The van der Waals surface area contributed by atoms with Crippen LogP contribution in [0.5, 0.6) is 0 Å². The number of nitrogens with one attached hydrogen (secondary N) is 1. The van der Waals surface area contributed by atoms with E-state index in [4.69, 9.17) is 5.73 Å². The lowest BCUT2D eigenvalue weighted by molar-refractivity contribution is 1.33. The standard InChI is InChI=1S/C11H9N3S.C2H6/c12-10-4-3-9(15-10)8-6-14-11-7(8)2-1-5-13-11;1-2/h1-6H,12H2,(H,13,14);1-2H3. The largest absolute Gasteiger partial charge is 0.391 e. The summed E-state index contributed by atoms with van der Waals surface area (Å²) in [6, 6.07) is 7.96. The van der Waals surface area contributed by atoms with Crippen LogP contribution in [0, 0.1) is 0 Å². The second-order valence-electron chi connectivity index (χ2n) is 3.30. The maximum atomic E-state index is 5.72. The van der Waals surface area contributed by atoms with Crippen LogP contribution in [0.25, 0.3) is 21.5 Å². The minimum absolute atomic E-state index is 0.836. The average molecular weight is 245 g/mol. The van der Waals surface area contributed by atoms with Crippen molar-refractivity contribution in [2.75, 3.05) is 5.73 Å². The van der Waals surface area contributed by atoms with Crippen molar-refractivity contribution in [1.82, 2.24) is 9.97 Å². The van der Waals surface area contributed by atoms with Crippen molar-refractivity contribution in [1.29, 1.82) is 0 Å². The Kier molecular flexibility index (Phi) is 3.44. The third-order valence-electron chi connectivity index (χ3n) is 2.34. The second-order valence-corrected chi connectivity index (χ2v) is 4.42. The first-order valence-electron chi connectivity index (χ1n) is 5.62. The summed E-state index contributed by atoms with van der Waals surface area (Å²) in [5.74, 6) is 0. The highest BCUT2D eigenvalue weighted by Crippen LogP contribution is 2.33. The van der Waals surface area contributed by atoms with Gasteiger partial charge in [-0.05, 0) is 24.3 Å². The molecule has 0 aliphatic rings. The summed E-state index contributed by atoms with van der Waals surface area (Å²) in [4.78, 5) is 8.58. The van der Waals surface area contributed by atoms with E-state index in [1.165, 1.54) is 10.4 Å². The molecule has 0 saturated carbocycles. The monoisotopic (exact) mass is 245 g/mol. The molecule has 0 fully saturated rings. The lowest BCUT2D eigenvalue weighted by Crippen LogP contribution is -1.73. The maximum absolute atomic E-state index is 5.72. The lowest BCUT2D eigenvalue weighted by atomic mass is 10.2. The highest BCUT2D eigenvalue weighted by atomic mass is 32.1. The van der Waals surface area contributed by atoms with E-state index < -0.39 is 0 Å². The number of H-pyrrole nitrogens is 1. The number of fused-ring (bicyclic) bond motifs is 1. The molecule has 0 aliphatic heterocycles. The molecule has 17 heavy (non-hydrogen) atoms. The van der Waals surface area contributed by atoms with Crippen molar-refractivity contribution < 1.29 is 0 Å². The molecule has 3 nitrogen and oxygen atoms in total. The molecule has 0 radical (unpaired) electrons. The number of hydrogen-bond acceptors (Lipinski definition) is 3. The fourth-order valence-corrected chi connectivity index (χ4v) is 2.46. The van der Waals surface area contributed by atoms with Crippen molar-refractivity contribution in [2.45, 2.75) is 13.8 Å². The van der Waals surface area contributed by atoms with E-state index >= 15 is 0 Å². The fourth-order valence-electron chi connectivity index (χ4n) is 1.66. The van der Waals surface area contributed by atoms with Crippen LogP contribution < -0.4 is 5.73 Å². The van der Waals surface area contributed by atoms with Gasteiger partial charge in [0.2, 0.25) is 0 Å². The third kappa shape index (κ3) is 2.17. The van der Waals surface area contributed by atoms with Crippen molar-refractivity contribution >= 4 is 27.4 Å². The van der Waals surface area contributed by atoms with Crippen LogP contribution in [0.15, 0.2) is 36.7 Å². The summed E-state index contributed by atoms with van der Waals surface area (Å²) < 4.78 is 0. The lowest BCUT2D eigenvalue weighted by Gasteiger charge is -1.92. The van der Waals surface area contributed by atoms with E-state index in [0.29, 0.717) is 0 Å². The summed E-state index contributed by atoms with van der Waals surface area (Å²) >= 11 is 1.59. The van der Waals surface area contributed by atoms with Gasteiger partial charge in [0.05, 0.1) is 5.00 Å². The predicted molar refractivity (Wildman–Crippen MR) is 75.2 cm³/mol. The molecule has 3 N–H and O–H groups in total. The van der Waals surface area contributed by atoms with Gasteiger partial charge in [-0.25, -0.2) is 4.98 Å². The zero-order chi connectivity index (χ0) is 12.3. The summed E-state index contributed by atoms with van der Waals surface area (Å²) in [6.45, 7) is 4.00. The van der Waals surface area contributed by atoms with Crippen LogP contribution >= 0.6 is 11.3 Å². The Labute approximate surface area is 104 Å². The molecule has 0 amide bonds. The molecular weight excluding hydrogens is 230 g/mol. The number of aromatic nitrogens is 2. The number of nitrogen functional groups attached to an aromatic ring is 1. The van der Waals surface area contributed by atoms with Crippen molar-refractivity contribution in [3.63, 3.8) is 0 Å². The summed E-state index contributed by atoms with van der Waals surface area (Å²) in [7, 11) is 0. The van der Waals surface area contributed by atoms with Gasteiger partial charge in [-0.3, -0.25) is 0 Å². The molecular formula is C13H15N3S. The van der Waals surface area contributed by atoms with E-state index in [9.17, 15) is 0 Å².